The number of hydrogen-bond acceptors (Lipinski definition) is 3. The van der Waals surface area contributed by atoms with E-state index in [4.69, 9.17) is 10.2 Å². The molecular formula is C8H15NO4. The van der Waals surface area contributed by atoms with Gasteiger partial charge >= 0.3 is 5.97 Å². The standard InChI is InChI=1S/C8H15NO4/c1-6(5-8(12)13)9(3-4-10)7(2)11/h6,10H,3-5H2,1-2H3,(H,12,13). The van der Waals surface area contributed by atoms with Gasteiger partial charge in [-0.3, -0.25) is 9.59 Å². The number of carbonyl (C=O) groups excluding carboxylic acids is 1. The fourth-order valence-corrected chi connectivity index (χ4v) is 1.16. The van der Waals surface area contributed by atoms with E-state index in [1.165, 1.54) is 11.8 Å². The Morgan fingerprint density at radius 1 is 1.46 bits per heavy atom. The Kier molecular flexibility index (Phi) is 5.06. The van der Waals surface area contributed by atoms with Gasteiger partial charge in [-0.2, -0.15) is 0 Å². The Hall–Kier alpha value is -1.10. The lowest BCUT2D eigenvalue weighted by Gasteiger charge is -2.26. The van der Waals surface area contributed by atoms with Crippen molar-refractivity contribution in [1.82, 2.24) is 4.90 Å². The quantitative estimate of drug-likeness (QED) is 0.622. The number of nitrogens with zero attached hydrogens (tertiary/aromatic N) is 1. The zero-order chi connectivity index (χ0) is 10.4. The van der Waals surface area contributed by atoms with Crippen molar-refractivity contribution < 1.29 is 19.8 Å². The summed E-state index contributed by atoms with van der Waals surface area (Å²) < 4.78 is 0. The fourth-order valence-electron chi connectivity index (χ4n) is 1.16. The van der Waals surface area contributed by atoms with Crippen LogP contribution in [0.2, 0.25) is 0 Å². The Morgan fingerprint density at radius 3 is 2.31 bits per heavy atom. The highest BCUT2D eigenvalue weighted by Crippen LogP contribution is 2.03. The first-order valence-corrected chi connectivity index (χ1v) is 4.09. The molecule has 0 rings (SSSR count). The summed E-state index contributed by atoms with van der Waals surface area (Å²) in [7, 11) is 0. The number of carboxylic acids is 1. The molecule has 0 aliphatic rings. The second kappa shape index (κ2) is 5.53. The number of carbonyl (C=O) groups is 2. The lowest BCUT2D eigenvalue weighted by molar-refractivity contribution is -0.140. The molecule has 0 aliphatic heterocycles. The average Bonchev–Trinajstić information content (AvgIpc) is 1.97. The molecule has 0 aromatic rings. The lowest BCUT2D eigenvalue weighted by atomic mass is 10.2. The summed E-state index contributed by atoms with van der Waals surface area (Å²) >= 11 is 0. The van der Waals surface area contributed by atoms with Crippen molar-refractivity contribution in [2.45, 2.75) is 26.3 Å². The van der Waals surface area contributed by atoms with Crippen molar-refractivity contribution in [3.8, 4) is 0 Å². The van der Waals surface area contributed by atoms with E-state index in [0.29, 0.717) is 0 Å². The number of aliphatic hydroxyl groups excluding tert-OH is 1. The topological polar surface area (TPSA) is 77.8 Å². The Labute approximate surface area is 77.0 Å². The molecule has 76 valence electrons. The van der Waals surface area contributed by atoms with Gasteiger partial charge in [-0.25, -0.2) is 0 Å². The first-order chi connectivity index (χ1) is 5.99. The summed E-state index contributed by atoms with van der Waals surface area (Å²) in [5.41, 5.74) is 0. The minimum absolute atomic E-state index is 0.0976. The summed E-state index contributed by atoms with van der Waals surface area (Å²) in [5.74, 6) is -1.17. The first kappa shape index (κ1) is 11.9. The van der Waals surface area contributed by atoms with E-state index in [2.05, 4.69) is 0 Å². The van der Waals surface area contributed by atoms with Crippen LogP contribution in [0.5, 0.6) is 0 Å². The van der Waals surface area contributed by atoms with Gasteiger partial charge in [0.05, 0.1) is 13.0 Å². The molecule has 2 N–H and O–H groups in total. The highest BCUT2D eigenvalue weighted by molar-refractivity contribution is 5.75. The minimum Gasteiger partial charge on any atom is -0.481 e. The van der Waals surface area contributed by atoms with Crippen LogP contribution < -0.4 is 0 Å². The molecule has 0 spiro atoms. The molecule has 0 saturated carbocycles. The van der Waals surface area contributed by atoms with Crippen molar-refractivity contribution in [2.24, 2.45) is 0 Å². The smallest absolute Gasteiger partial charge is 0.305 e. The van der Waals surface area contributed by atoms with Crippen LogP contribution in [-0.2, 0) is 9.59 Å². The van der Waals surface area contributed by atoms with Crippen molar-refractivity contribution >= 4 is 11.9 Å². The van der Waals surface area contributed by atoms with Crippen LogP contribution >= 0.6 is 0 Å². The summed E-state index contributed by atoms with van der Waals surface area (Å²) in [6, 6.07) is -0.373. The zero-order valence-electron chi connectivity index (χ0n) is 7.86. The van der Waals surface area contributed by atoms with Gasteiger partial charge in [-0.1, -0.05) is 0 Å². The molecule has 5 heteroatoms. The Bertz CT molecular complexity index is 193. The number of aliphatic carboxylic acids is 1. The van der Waals surface area contributed by atoms with E-state index in [-0.39, 0.29) is 31.5 Å². The molecule has 0 saturated heterocycles. The van der Waals surface area contributed by atoms with E-state index in [1.807, 2.05) is 0 Å². The second-order valence-corrected chi connectivity index (χ2v) is 2.88. The van der Waals surface area contributed by atoms with Gasteiger partial charge in [0.15, 0.2) is 0 Å². The van der Waals surface area contributed by atoms with Gasteiger partial charge in [-0.15, -0.1) is 0 Å². The lowest BCUT2D eigenvalue weighted by Crippen LogP contribution is -2.40. The van der Waals surface area contributed by atoms with E-state index >= 15 is 0 Å². The molecule has 0 aromatic carbocycles. The number of amides is 1. The largest absolute Gasteiger partial charge is 0.481 e. The molecule has 1 unspecified atom stereocenters. The molecule has 0 radical (unpaired) electrons. The molecule has 0 bridgehead atoms. The maximum Gasteiger partial charge on any atom is 0.305 e. The number of aliphatic hydroxyl groups is 1. The highest BCUT2D eigenvalue weighted by Gasteiger charge is 2.18. The Balaban J connectivity index is 4.18. The van der Waals surface area contributed by atoms with Crippen LogP contribution in [-0.4, -0.2) is 46.2 Å². The summed E-state index contributed by atoms with van der Waals surface area (Å²) in [4.78, 5) is 22.7. The summed E-state index contributed by atoms with van der Waals surface area (Å²) in [6.07, 6.45) is -0.0976. The number of rotatable bonds is 5. The third-order valence-corrected chi connectivity index (χ3v) is 1.75. The third kappa shape index (κ3) is 4.47. The predicted octanol–water partition coefficient (Wildman–Crippen LogP) is -0.310. The molecule has 13 heavy (non-hydrogen) atoms. The molecule has 1 atom stereocenters. The SMILES string of the molecule is CC(=O)N(CCO)C(C)CC(=O)O. The van der Waals surface area contributed by atoms with Crippen molar-refractivity contribution in [3.63, 3.8) is 0 Å². The van der Waals surface area contributed by atoms with E-state index in [1.54, 1.807) is 6.92 Å². The normalized spacial score (nSPS) is 12.2. The predicted molar refractivity (Wildman–Crippen MR) is 46.2 cm³/mol. The van der Waals surface area contributed by atoms with Gasteiger partial charge in [0.1, 0.15) is 0 Å². The number of carboxylic acid groups (broad SMARTS) is 1. The number of hydrogen-bond donors (Lipinski definition) is 2. The van der Waals surface area contributed by atoms with E-state index < -0.39 is 5.97 Å². The van der Waals surface area contributed by atoms with E-state index in [0.717, 1.165) is 0 Å². The van der Waals surface area contributed by atoms with Gasteiger partial charge in [0.2, 0.25) is 5.91 Å². The highest BCUT2D eigenvalue weighted by atomic mass is 16.4. The third-order valence-electron chi connectivity index (χ3n) is 1.75. The van der Waals surface area contributed by atoms with Crippen LogP contribution in [0.3, 0.4) is 0 Å². The van der Waals surface area contributed by atoms with Crippen LogP contribution in [0.25, 0.3) is 0 Å². The second-order valence-electron chi connectivity index (χ2n) is 2.88. The van der Waals surface area contributed by atoms with Crippen LogP contribution in [0.1, 0.15) is 20.3 Å². The molecule has 5 nitrogen and oxygen atoms in total. The van der Waals surface area contributed by atoms with Gasteiger partial charge < -0.3 is 15.1 Å². The molecule has 0 fully saturated rings. The van der Waals surface area contributed by atoms with Gasteiger partial charge in [0.25, 0.3) is 0 Å². The molecular weight excluding hydrogens is 174 g/mol. The van der Waals surface area contributed by atoms with Crippen LogP contribution in [0, 0.1) is 0 Å². The van der Waals surface area contributed by atoms with Crippen LogP contribution in [0.4, 0.5) is 0 Å². The van der Waals surface area contributed by atoms with Crippen molar-refractivity contribution in [1.29, 1.82) is 0 Å². The molecule has 1 amide bonds. The molecule has 0 heterocycles. The van der Waals surface area contributed by atoms with Gasteiger partial charge in [0, 0.05) is 19.5 Å². The summed E-state index contributed by atoms with van der Waals surface area (Å²) in [6.45, 7) is 3.03. The zero-order valence-corrected chi connectivity index (χ0v) is 7.86. The summed E-state index contributed by atoms with van der Waals surface area (Å²) in [5, 5.41) is 17.1. The first-order valence-electron chi connectivity index (χ1n) is 4.09. The van der Waals surface area contributed by atoms with Crippen molar-refractivity contribution in [3.05, 3.63) is 0 Å². The van der Waals surface area contributed by atoms with Gasteiger partial charge in [-0.05, 0) is 6.92 Å². The maximum absolute atomic E-state index is 11.0. The van der Waals surface area contributed by atoms with E-state index in [9.17, 15) is 9.59 Å². The van der Waals surface area contributed by atoms with Crippen LogP contribution in [0.15, 0.2) is 0 Å². The average molecular weight is 189 g/mol. The maximum atomic E-state index is 11.0. The fraction of sp³-hybridized carbons (Fsp3) is 0.750. The molecule has 0 aromatic heterocycles. The minimum atomic E-state index is -0.948. The Morgan fingerprint density at radius 2 is 2.00 bits per heavy atom. The monoisotopic (exact) mass is 189 g/mol. The molecule has 0 aliphatic carbocycles. The van der Waals surface area contributed by atoms with Crippen molar-refractivity contribution in [2.75, 3.05) is 13.2 Å².